The number of benzene rings is 3. The maximum atomic E-state index is 12.4. The van der Waals surface area contributed by atoms with Crippen molar-refractivity contribution in [3.05, 3.63) is 95.6 Å². The third kappa shape index (κ3) is 5.89. The second-order valence-corrected chi connectivity index (χ2v) is 8.21. The van der Waals surface area contributed by atoms with Crippen LogP contribution in [0.2, 0.25) is 0 Å². The molecule has 3 aromatic rings. The molecule has 1 N–H and O–H groups in total. The molecule has 3 rings (SSSR count). The van der Waals surface area contributed by atoms with Crippen molar-refractivity contribution in [2.24, 2.45) is 5.41 Å². The molecule has 0 aromatic heterocycles. The Labute approximate surface area is 182 Å². The minimum atomic E-state index is -0.496. The summed E-state index contributed by atoms with van der Waals surface area (Å²) in [6.07, 6.45) is 0. The van der Waals surface area contributed by atoms with E-state index in [9.17, 15) is 14.4 Å². The highest BCUT2D eigenvalue weighted by molar-refractivity contribution is 6.09. The molecule has 0 heterocycles. The molecule has 5 heteroatoms. The Hall–Kier alpha value is -3.73. The lowest BCUT2D eigenvalue weighted by Crippen LogP contribution is -2.27. The molecule has 0 aliphatic rings. The van der Waals surface area contributed by atoms with E-state index in [1.54, 1.807) is 60.7 Å². The Bertz CT molecular complexity index is 1060. The number of carbonyl (C=O) groups excluding carboxylic acids is 3. The summed E-state index contributed by atoms with van der Waals surface area (Å²) in [5.74, 6) is 0.163. The largest absolute Gasteiger partial charge is 0.485 e. The highest BCUT2D eigenvalue weighted by Gasteiger charge is 2.21. The topological polar surface area (TPSA) is 72.5 Å². The molecule has 0 radical (unpaired) electrons. The summed E-state index contributed by atoms with van der Waals surface area (Å²) in [5.41, 5.74) is 1.80. The normalized spacial score (nSPS) is 10.9. The summed E-state index contributed by atoms with van der Waals surface area (Å²) in [6.45, 7) is 5.38. The first-order chi connectivity index (χ1) is 14.7. The molecule has 3 aromatic carbocycles. The first-order valence-corrected chi connectivity index (χ1v) is 10.0. The van der Waals surface area contributed by atoms with E-state index in [4.69, 9.17) is 4.74 Å². The van der Waals surface area contributed by atoms with Crippen molar-refractivity contribution < 1.29 is 19.1 Å². The monoisotopic (exact) mass is 415 g/mol. The Morgan fingerprint density at radius 2 is 1.29 bits per heavy atom. The van der Waals surface area contributed by atoms with Crippen LogP contribution in [0.15, 0.2) is 78.9 Å². The van der Waals surface area contributed by atoms with Gasteiger partial charge in [0.2, 0.25) is 5.91 Å². The van der Waals surface area contributed by atoms with Crippen LogP contribution < -0.4 is 10.1 Å². The fourth-order valence-electron chi connectivity index (χ4n) is 2.75. The van der Waals surface area contributed by atoms with Crippen LogP contribution in [-0.2, 0) is 4.79 Å². The maximum absolute atomic E-state index is 12.4. The quantitative estimate of drug-likeness (QED) is 0.541. The predicted octanol–water partition coefficient (Wildman–Crippen LogP) is 5.16. The van der Waals surface area contributed by atoms with Gasteiger partial charge >= 0.3 is 0 Å². The summed E-state index contributed by atoms with van der Waals surface area (Å²) < 4.78 is 5.57. The smallest absolute Gasteiger partial charge is 0.229 e. The third-order valence-corrected chi connectivity index (χ3v) is 4.67. The molecule has 0 aliphatic carbocycles. The minimum absolute atomic E-state index is 0.0677. The van der Waals surface area contributed by atoms with Gasteiger partial charge in [-0.3, -0.25) is 14.4 Å². The number of carbonyl (C=O) groups is 3. The molecule has 0 bridgehead atoms. The Balaban J connectivity index is 1.56. The van der Waals surface area contributed by atoms with Gasteiger partial charge in [-0.25, -0.2) is 0 Å². The second-order valence-electron chi connectivity index (χ2n) is 8.21. The molecule has 31 heavy (non-hydrogen) atoms. The number of Topliss-reactive ketones (excluding diaryl/α,β-unsaturated/α-hetero) is 1. The molecule has 0 aliphatic heterocycles. The molecule has 1 amide bonds. The second kappa shape index (κ2) is 9.39. The molecule has 0 saturated carbocycles. The number of nitrogens with one attached hydrogen (secondary N) is 1. The van der Waals surface area contributed by atoms with Crippen LogP contribution >= 0.6 is 0 Å². The van der Waals surface area contributed by atoms with Gasteiger partial charge in [0.05, 0.1) is 0 Å². The van der Waals surface area contributed by atoms with Crippen molar-refractivity contribution >= 4 is 23.2 Å². The zero-order valence-corrected chi connectivity index (χ0v) is 17.8. The average Bonchev–Trinajstić information content (AvgIpc) is 2.78. The van der Waals surface area contributed by atoms with E-state index in [2.05, 4.69) is 5.32 Å². The van der Waals surface area contributed by atoms with Gasteiger partial charge in [-0.05, 0) is 48.5 Å². The summed E-state index contributed by atoms with van der Waals surface area (Å²) in [6, 6.07) is 22.5. The SMILES string of the molecule is CC(C)(C)C(=O)Nc1ccc(C(=O)COc2ccc(C(=O)c3ccccc3)cc2)cc1. The Morgan fingerprint density at radius 1 is 0.742 bits per heavy atom. The van der Waals surface area contributed by atoms with Crippen molar-refractivity contribution in [1.29, 1.82) is 0 Å². The zero-order valence-electron chi connectivity index (χ0n) is 17.8. The van der Waals surface area contributed by atoms with Gasteiger partial charge in [0.1, 0.15) is 5.75 Å². The number of rotatable bonds is 7. The van der Waals surface area contributed by atoms with Crippen molar-refractivity contribution in [2.75, 3.05) is 11.9 Å². The van der Waals surface area contributed by atoms with Crippen LogP contribution in [0.4, 0.5) is 5.69 Å². The average molecular weight is 415 g/mol. The maximum Gasteiger partial charge on any atom is 0.229 e. The van der Waals surface area contributed by atoms with Crippen molar-refractivity contribution in [3.8, 4) is 5.75 Å². The molecule has 0 saturated heterocycles. The van der Waals surface area contributed by atoms with Crippen molar-refractivity contribution in [3.63, 3.8) is 0 Å². The van der Waals surface area contributed by atoms with E-state index < -0.39 is 5.41 Å². The first-order valence-electron chi connectivity index (χ1n) is 10.0. The molecule has 0 atom stereocenters. The van der Waals surface area contributed by atoms with E-state index in [1.165, 1.54) is 0 Å². The lowest BCUT2D eigenvalue weighted by molar-refractivity contribution is -0.123. The van der Waals surface area contributed by atoms with Crippen LogP contribution in [0, 0.1) is 5.41 Å². The van der Waals surface area contributed by atoms with Gasteiger partial charge in [-0.1, -0.05) is 51.1 Å². The van der Waals surface area contributed by atoms with E-state index in [0.29, 0.717) is 28.1 Å². The van der Waals surface area contributed by atoms with E-state index in [0.717, 1.165) is 0 Å². The molecule has 5 nitrogen and oxygen atoms in total. The lowest BCUT2D eigenvalue weighted by atomic mass is 9.95. The number of hydrogen-bond acceptors (Lipinski definition) is 4. The third-order valence-electron chi connectivity index (χ3n) is 4.67. The number of ketones is 2. The van der Waals surface area contributed by atoms with Gasteiger partial charge in [-0.15, -0.1) is 0 Å². The van der Waals surface area contributed by atoms with Gasteiger partial charge < -0.3 is 10.1 Å². The van der Waals surface area contributed by atoms with Crippen LogP contribution in [0.25, 0.3) is 0 Å². The number of ether oxygens (including phenoxy) is 1. The number of hydrogen-bond donors (Lipinski definition) is 1. The summed E-state index contributed by atoms with van der Waals surface area (Å²) >= 11 is 0. The molecule has 0 fully saturated rings. The number of anilines is 1. The predicted molar refractivity (Wildman–Crippen MR) is 121 cm³/mol. The van der Waals surface area contributed by atoms with E-state index in [-0.39, 0.29) is 24.1 Å². The fraction of sp³-hybridized carbons (Fsp3) is 0.192. The minimum Gasteiger partial charge on any atom is -0.485 e. The van der Waals surface area contributed by atoms with Crippen molar-refractivity contribution in [1.82, 2.24) is 0 Å². The Morgan fingerprint density at radius 3 is 1.87 bits per heavy atom. The Kier molecular flexibility index (Phi) is 6.65. The highest BCUT2D eigenvalue weighted by atomic mass is 16.5. The lowest BCUT2D eigenvalue weighted by Gasteiger charge is -2.17. The van der Waals surface area contributed by atoms with Gasteiger partial charge in [0, 0.05) is 27.8 Å². The van der Waals surface area contributed by atoms with Gasteiger partial charge in [0.25, 0.3) is 0 Å². The fourth-order valence-corrected chi connectivity index (χ4v) is 2.75. The summed E-state index contributed by atoms with van der Waals surface area (Å²) in [5, 5.41) is 2.82. The van der Waals surface area contributed by atoms with Crippen molar-refractivity contribution in [2.45, 2.75) is 20.8 Å². The number of amides is 1. The van der Waals surface area contributed by atoms with Gasteiger partial charge in [0.15, 0.2) is 18.2 Å². The summed E-state index contributed by atoms with van der Waals surface area (Å²) in [4.78, 5) is 36.9. The first kappa shape index (κ1) is 22.0. The molecule has 0 spiro atoms. The van der Waals surface area contributed by atoms with E-state index >= 15 is 0 Å². The zero-order chi connectivity index (χ0) is 22.4. The highest BCUT2D eigenvalue weighted by Crippen LogP contribution is 2.19. The standard InChI is InChI=1S/C26H25NO4/c1-26(2,3)25(30)27-21-13-9-18(10-14-21)23(28)17-31-22-15-11-20(12-16-22)24(29)19-7-5-4-6-8-19/h4-16H,17H2,1-3H3,(H,27,30). The van der Waals surface area contributed by atoms with Crippen LogP contribution in [-0.4, -0.2) is 24.1 Å². The molecular weight excluding hydrogens is 390 g/mol. The molecule has 0 unspecified atom stereocenters. The van der Waals surface area contributed by atoms with Crippen LogP contribution in [0.1, 0.15) is 47.1 Å². The van der Waals surface area contributed by atoms with Gasteiger partial charge in [-0.2, -0.15) is 0 Å². The van der Waals surface area contributed by atoms with Crippen LogP contribution in [0.5, 0.6) is 5.75 Å². The van der Waals surface area contributed by atoms with Crippen LogP contribution in [0.3, 0.4) is 0 Å². The molecule has 158 valence electrons. The van der Waals surface area contributed by atoms with E-state index in [1.807, 2.05) is 39.0 Å². The molecular formula is C26H25NO4. The summed E-state index contributed by atoms with van der Waals surface area (Å²) in [7, 11) is 0.